The summed E-state index contributed by atoms with van der Waals surface area (Å²) < 4.78 is 10.2. The average molecular weight is 383 g/mol. The third-order valence-corrected chi connectivity index (χ3v) is 3.69. The highest BCUT2D eigenvalue weighted by Gasteiger charge is 2.12. The van der Waals surface area contributed by atoms with E-state index in [4.69, 9.17) is 9.47 Å². The number of carbonyl (C=O) groups excluding carboxylic acids is 4. The first-order valence-electron chi connectivity index (χ1n) is 8.70. The smallest absolute Gasteiger partial charge is 0.309 e. The number of benzene rings is 2. The predicted octanol–water partition coefficient (Wildman–Crippen LogP) is 2.09. The van der Waals surface area contributed by atoms with Crippen molar-refractivity contribution in [2.45, 2.75) is 19.8 Å². The van der Waals surface area contributed by atoms with Crippen molar-refractivity contribution in [3.8, 4) is 5.75 Å². The Balaban J connectivity index is 1.62. The van der Waals surface area contributed by atoms with Gasteiger partial charge in [-0.15, -0.1) is 0 Å². The number of amides is 2. The molecule has 2 rings (SSSR count). The number of ketones is 1. The van der Waals surface area contributed by atoms with Gasteiger partial charge in [-0.2, -0.15) is 0 Å². The van der Waals surface area contributed by atoms with Gasteiger partial charge in [0.05, 0.1) is 19.4 Å². The van der Waals surface area contributed by atoms with Crippen LogP contribution in [-0.4, -0.2) is 36.8 Å². The van der Waals surface area contributed by atoms with Crippen LogP contribution in [-0.2, 0) is 25.5 Å². The van der Waals surface area contributed by atoms with Crippen LogP contribution in [0.4, 0.5) is 0 Å². The molecule has 1 N–H and O–H groups in total. The van der Waals surface area contributed by atoms with E-state index in [2.05, 4.69) is 5.32 Å². The molecule has 0 aliphatic rings. The molecule has 146 valence electrons. The van der Waals surface area contributed by atoms with Gasteiger partial charge in [0.25, 0.3) is 5.91 Å². The topological polar surface area (TPSA) is 98.8 Å². The summed E-state index contributed by atoms with van der Waals surface area (Å²) in [7, 11) is 0. The Labute approximate surface area is 162 Å². The van der Waals surface area contributed by atoms with Crippen LogP contribution in [0.2, 0.25) is 0 Å². The van der Waals surface area contributed by atoms with Gasteiger partial charge in [0.15, 0.2) is 12.4 Å². The number of esters is 1. The highest BCUT2D eigenvalue weighted by molar-refractivity contribution is 5.97. The lowest BCUT2D eigenvalue weighted by atomic mass is 10.1. The fourth-order valence-electron chi connectivity index (χ4n) is 2.27. The average Bonchev–Trinajstić information content (AvgIpc) is 2.67. The van der Waals surface area contributed by atoms with Crippen molar-refractivity contribution in [2.75, 3.05) is 13.2 Å². The van der Waals surface area contributed by atoms with E-state index in [1.807, 2.05) is 6.07 Å². The van der Waals surface area contributed by atoms with Crippen molar-refractivity contribution in [1.29, 1.82) is 0 Å². The first kappa shape index (κ1) is 20.8. The molecule has 0 saturated heterocycles. The van der Waals surface area contributed by atoms with Crippen LogP contribution < -0.4 is 10.1 Å². The molecule has 0 unspecified atom stereocenters. The number of Topliss-reactive ketones (excluding diaryl/α,β-unsaturated/α-hetero) is 1. The van der Waals surface area contributed by atoms with Crippen molar-refractivity contribution in [3.05, 3.63) is 65.7 Å². The number of ether oxygens (including phenoxy) is 2. The van der Waals surface area contributed by atoms with Gasteiger partial charge in [-0.05, 0) is 36.8 Å². The van der Waals surface area contributed by atoms with Gasteiger partial charge in [0.2, 0.25) is 5.91 Å². The van der Waals surface area contributed by atoms with E-state index >= 15 is 0 Å². The number of hydrogen-bond donors (Lipinski definition) is 1. The van der Waals surface area contributed by atoms with Crippen molar-refractivity contribution in [1.82, 2.24) is 5.32 Å². The molecule has 0 saturated carbocycles. The van der Waals surface area contributed by atoms with E-state index in [0.717, 1.165) is 5.56 Å². The molecule has 0 heterocycles. The molecular formula is C21H21NO6. The number of imide groups is 1. The van der Waals surface area contributed by atoms with Gasteiger partial charge in [-0.1, -0.05) is 30.3 Å². The summed E-state index contributed by atoms with van der Waals surface area (Å²) >= 11 is 0. The lowest BCUT2D eigenvalue weighted by Gasteiger charge is -2.08. The molecular weight excluding hydrogens is 362 g/mol. The molecule has 0 fully saturated rings. The molecule has 0 aliphatic carbocycles. The predicted molar refractivity (Wildman–Crippen MR) is 101 cm³/mol. The van der Waals surface area contributed by atoms with Crippen molar-refractivity contribution in [2.24, 2.45) is 0 Å². The summed E-state index contributed by atoms with van der Waals surface area (Å²) in [6.07, 6.45) is 0.0104. The molecule has 7 nitrogen and oxygen atoms in total. The SMILES string of the molecule is CC(=O)c1ccc(OCCC(=O)OCC(=O)NC(=O)Cc2ccccc2)cc1. The van der Waals surface area contributed by atoms with Crippen molar-refractivity contribution < 1.29 is 28.7 Å². The summed E-state index contributed by atoms with van der Waals surface area (Å²) in [5, 5.41) is 2.17. The van der Waals surface area contributed by atoms with Crippen LogP contribution in [0, 0.1) is 0 Å². The molecule has 2 aromatic rings. The number of nitrogens with one attached hydrogen (secondary N) is 1. The second-order valence-corrected chi connectivity index (χ2v) is 5.97. The lowest BCUT2D eigenvalue weighted by Crippen LogP contribution is -2.35. The number of hydrogen-bond acceptors (Lipinski definition) is 6. The zero-order valence-corrected chi connectivity index (χ0v) is 15.5. The zero-order chi connectivity index (χ0) is 20.4. The minimum absolute atomic E-state index is 0.0457. The highest BCUT2D eigenvalue weighted by Crippen LogP contribution is 2.12. The third-order valence-electron chi connectivity index (χ3n) is 3.69. The molecule has 0 spiro atoms. The van der Waals surface area contributed by atoms with Crippen molar-refractivity contribution in [3.63, 3.8) is 0 Å². The van der Waals surface area contributed by atoms with Gasteiger partial charge in [-0.25, -0.2) is 0 Å². The number of rotatable bonds is 9. The van der Waals surface area contributed by atoms with Crippen LogP contribution in [0.5, 0.6) is 5.75 Å². The maximum atomic E-state index is 11.7. The molecule has 28 heavy (non-hydrogen) atoms. The van der Waals surface area contributed by atoms with Crippen LogP contribution >= 0.6 is 0 Å². The Morgan fingerprint density at radius 3 is 2.21 bits per heavy atom. The summed E-state index contributed by atoms with van der Waals surface area (Å²) in [6, 6.07) is 15.5. The van der Waals surface area contributed by atoms with Crippen molar-refractivity contribution >= 4 is 23.6 Å². The highest BCUT2D eigenvalue weighted by atomic mass is 16.5. The van der Waals surface area contributed by atoms with Crippen LogP contribution in [0.3, 0.4) is 0 Å². The first-order chi connectivity index (χ1) is 13.4. The van der Waals surface area contributed by atoms with E-state index < -0.39 is 24.4 Å². The molecule has 0 radical (unpaired) electrons. The fourth-order valence-corrected chi connectivity index (χ4v) is 2.27. The summed E-state index contributed by atoms with van der Waals surface area (Å²) in [5.41, 5.74) is 1.35. The normalized spacial score (nSPS) is 10.0. The number of carbonyl (C=O) groups is 4. The maximum absolute atomic E-state index is 11.7. The standard InChI is InChI=1S/C21H21NO6/c1-15(23)17-7-9-18(10-8-17)27-12-11-21(26)28-14-20(25)22-19(24)13-16-5-3-2-4-6-16/h2-10H,11-14H2,1H3,(H,22,24,25). The summed E-state index contributed by atoms with van der Waals surface area (Å²) in [6.45, 7) is 0.997. The summed E-state index contributed by atoms with van der Waals surface area (Å²) in [4.78, 5) is 46.2. The van der Waals surface area contributed by atoms with Gasteiger partial charge >= 0.3 is 5.97 Å². The Morgan fingerprint density at radius 2 is 1.57 bits per heavy atom. The third kappa shape index (κ3) is 7.41. The van der Waals surface area contributed by atoms with Gasteiger partial charge in [0, 0.05) is 5.56 Å². The lowest BCUT2D eigenvalue weighted by molar-refractivity contribution is -0.150. The molecule has 0 aliphatic heterocycles. The molecule has 7 heteroatoms. The van der Waals surface area contributed by atoms with Crippen LogP contribution in [0.1, 0.15) is 29.3 Å². The largest absolute Gasteiger partial charge is 0.493 e. The monoisotopic (exact) mass is 383 g/mol. The Bertz CT molecular complexity index is 830. The van der Waals surface area contributed by atoms with E-state index in [1.54, 1.807) is 48.5 Å². The Morgan fingerprint density at radius 1 is 0.893 bits per heavy atom. The van der Waals surface area contributed by atoms with E-state index in [9.17, 15) is 19.2 Å². The maximum Gasteiger partial charge on any atom is 0.309 e. The van der Waals surface area contributed by atoms with Crippen LogP contribution in [0.25, 0.3) is 0 Å². The van der Waals surface area contributed by atoms with E-state index in [-0.39, 0.29) is 25.2 Å². The Kier molecular flexibility index (Phi) is 7.90. The van der Waals surface area contributed by atoms with E-state index in [1.165, 1.54) is 6.92 Å². The second kappa shape index (κ2) is 10.6. The molecule has 2 aromatic carbocycles. The van der Waals surface area contributed by atoms with E-state index in [0.29, 0.717) is 11.3 Å². The molecule has 2 amide bonds. The summed E-state index contributed by atoms with van der Waals surface area (Å²) in [5.74, 6) is -1.30. The Hall–Kier alpha value is -3.48. The molecule has 0 atom stereocenters. The zero-order valence-electron chi connectivity index (χ0n) is 15.5. The minimum atomic E-state index is -0.685. The molecule has 0 bridgehead atoms. The molecule has 0 aromatic heterocycles. The minimum Gasteiger partial charge on any atom is -0.493 e. The second-order valence-electron chi connectivity index (χ2n) is 5.97. The van der Waals surface area contributed by atoms with Gasteiger partial charge in [-0.3, -0.25) is 24.5 Å². The van der Waals surface area contributed by atoms with Crippen LogP contribution in [0.15, 0.2) is 54.6 Å². The first-order valence-corrected chi connectivity index (χ1v) is 8.70. The van der Waals surface area contributed by atoms with Gasteiger partial charge in [0.1, 0.15) is 5.75 Å². The fraction of sp³-hybridized carbons (Fsp3) is 0.238. The van der Waals surface area contributed by atoms with Gasteiger partial charge < -0.3 is 9.47 Å². The quantitative estimate of drug-likeness (QED) is 0.526.